The van der Waals surface area contributed by atoms with Crippen LogP contribution in [0.5, 0.6) is 0 Å². The molecule has 0 aliphatic heterocycles. The van der Waals surface area contributed by atoms with Crippen LogP contribution in [-0.4, -0.2) is 18.1 Å². The van der Waals surface area contributed by atoms with Crippen LogP contribution in [0.15, 0.2) is 11.6 Å². The van der Waals surface area contributed by atoms with Crippen LogP contribution in [0.4, 0.5) is 0 Å². The second-order valence-electron chi connectivity index (χ2n) is 7.04. The zero-order valence-corrected chi connectivity index (χ0v) is 12.0. The summed E-state index contributed by atoms with van der Waals surface area (Å²) in [7, 11) is 0. The molecular formula is C15H25NO2. The highest BCUT2D eigenvalue weighted by atomic mass is 16.6. The monoisotopic (exact) mass is 251 g/mol. The van der Waals surface area contributed by atoms with Crippen molar-refractivity contribution < 1.29 is 9.53 Å². The molecule has 2 rings (SSSR count). The van der Waals surface area contributed by atoms with Gasteiger partial charge in [-0.2, -0.15) is 0 Å². The normalized spacial score (nSPS) is 34.6. The molecule has 1 fully saturated rings. The number of carbonyl (C=O) groups is 1. The predicted molar refractivity (Wildman–Crippen MR) is 71.9 cm³/mol. The molecule has 0 saturated heterocycles. The summed E-state index contributed by atoms with van der Waals surface area (Å²) in [5.74, 6) is 1.11. The molecule has 0 unspecified atom stereocenters. The highest BCUT2D eigenvalue weighted by Crippen LogP contribution is 2.59. The van der Waals surface area contributed by atoms with Gasteiger partial charge in [-0.1, -0.05) is 11.6 Å². The quantitative estimate of drug-likeness (QED) is 0.619. The van der Waals surface area contributed by atoms with E-state index in [0.29, 0.717) is 18.9 Å². The summed E-state index contributed by atoms with van der Waals surface area (Å²) in [5.41, 5.74) is 6.95. The Bertz CT molecular complexity index is 380. The second kappa shape index (κ2) is 4.37. The number of ether oxygens (including phenoxy) is 1. The molecule has 0 radical (unpaired) electrons. The first-order valence-electron chi connectivity index (χ1n) is 6.85. The molecule has 3 atom stereocenters. The number of carbonyl (C=O) groups excluding carboxylic acids is 1. The number of hydrogen-bond donors (Lipinski definition) is 1. The lowest BCUT2D eigenvalue weighted by Gasteiger charge is -2.51. The third-order valence-corrected chi connectivity index (χ3v) is 4.25. The van der Waals surface area contributed by atoms with Crippen LogP contribution in [-0.2, 0) is 9.53 Å². The average Bonchev–Trinajstić information content (AvgIpc) is 2.50. The molecule has 2 aliphatic carbocycles. The van der Waals surface area contributed by atoms with Crippen molar-refractivity contribution in [2.24, 2.45) is 23.0 Å². The summed E-state index contributed by atoms with van der Waals surface area (Å²) in [4.78, 5) is 12.0. The molecule has 0 amide bonds. The van der Waals surface area contributed by atoms with E-state index in [1.807, 2.05) is 20.8 Å². The fraction of sp³-hybridized carbons (Fsp3) is 0.800. The Hall–Kier alpha value is -0.830. The van der Waals surface area contributed by atoms with Gasteiger partial charge in [0, 0.05) is 0 Å². The van der Waals surface area contributed by atoms with Crippen LogP contribution in [0.25, 0.3) is 0 Å². The minimum Gasteiger partial charge on any atom is -0.460 e. The van der Waals surface area contributed by atoms with E-state index < -0.39 is 5.60 Å². The molecule has 2 N–H and O–H groups in total. The van der Waals surface area contributed by atoms with E-state index in [1.165, 1.54) is 12.0 Å². The van der Waals surface area contributed by atoms with Gasteiger partial charge in [-0.05, 0) is 64.3 Å². The van der Waals surface area contributed by atoms with Crippen LogP contribution in [0, 0.1) is 17.3 Å². The van der Waals surface area contributed by atoms with E-state index in [-0.39, 0.29) is 11.4 Å². The maximum atomic E-state index is 12.0. The molecule has 3 heteroatoms. The highest BCUT2D eigenvalue weighted by molar-refractivity contribution is 5.71. The van der Waals surface area contributed by atoms with E-state index in [2.05, 4.69) is 13.0 Å². The standard InChI is InChI=1S/C15H25NO2/c1-10-5-11-7-15(9-16,12(11)6-10)8-13(17)18-14(2,3)4/h6,11-12H,5,7-9,16H2,1-4H3/t11-,12-,15-/m0/s1. The molecule has 0 aromatic heterocycles. The lowest BCUT2D eigenvalue weighted by molar-refractivity contribution is -0.162. The van der Waals surface area contributed by atoms with Crippen molar-refractivity contribution in [3.63, 3.8) is 0 Å². The summed E-state index contributed by atoms with van der Waals surface area (Å²) in [6, 6.07) is 0. The Balaban J connectivity index is 2.01. The van der Waals surface area contributed by atoms with Crippen molar-refractivity contribution in [2.75, 3.05) is 6.54 Å². The molecule has 18 heavy (non-hydrogen) atoms. The van der Waals surface area contributed by atoms with Gasteiger partial charge in [0.1, 0.15) is 5.60 Å². The number of allylic oxidation sites excluding steroid dienone is 2. The lowest BCUT2D eigenvalue weighted by atomic mass is 9.53. The fourth-order valence-corrected chi connectivity index (χ4v) is 3.57. The molecule has 2 aliphatic rings. The first-order valence-corrected chi connectivity index (χ1v) is 6.85. The highest BCUT2D eigenvalue weighted by Gasteiger charge is 2.54. The summed E-state index contributed by atoms with van der Waals surface area (Å²) in [6.45, 7) is 8.47. The Morgan fingerprint density at radius 1 is 1.56 bits per heavy atom. The minimum atomic E-state index is -0.405. The van der Waals surface area contributed by atoms with Gasteiger partial charge >= 0.3 is 5.97 Å². The molecule has 102 valence electrons. The molecule has 0 heterocycles. The van der Waals surface area contributed by atoms with E-state index in [9.17, 15) is 4.79 Å². The van der Waals surface area contributed by atoms with Gasteiger partial charge in [0.15, 0.2) is 0 Å². The molecule has 0 spiro atoms. The molecule has 0 aromatic carbocycles. The van der Waals surface area contributed by atoms with Crippen LogP contribution in [0.3, 0.4) is 0 Å². The largest absolute Gasteiger partial charge is 0.460 e. The van der Waals surface area contributed by atoms with Gasteiger partial charge in [-0.15, -0.1) is 0 Å². The van der Waals surface area contributed by atoms with E-state index in [0.717, 1.165) is 12.3 Å². The topological polar surface area (TPSA) is 52.3 Å². The van der Waals surface area contributed by atoms with Gasteiger partial charge in [0.2, 0.25) is 0 Å². The van der Waals surface area contributed by atoms with Crippen molar-refractivity contribution in [2.45, 2.75) is 52.6 Å². The van der Waals surface area contributed by atoms with Crippen molar-refractivity contribution in [3.8, 4) is 0 Å². The predicted octanol–water partition coefficient (Wildman–Crippen LogP) is 2.65. The van der Waals surface area contributed by atoms with Gasteiger partial charge < -0.3 is 10.5 Å². The third-order valence-electron chi connectivity index (χ3n) is 4.25. The number of rotatable bonds is 3. The maximum Gasteiger partial charge on any atom is 0.306 e. The van der Waals surface area contributed by atoms with Crippen molar-refractivity contribution >= 4 is 5.97 Å². The summed E-state index contributed by atoms with van der Waals surface area (Å²) >= 11 is 0. The fourth-order valence-electron chi connectivity index (χ4n) is 3.57. The van der Waals surface area contributed by atoms with Crippen LogP contribution in [0.1, 0.15) is 47.0 Å². The second-order valence-corrected chi connectivity index (χ2v) is 7.04. The first-order chi connectivity index (χ1) is 8.26. The molecule has 0 bridgehead atoms. The molecule has 3 nitrogen and oxygen atoms in total. The SMILES string of the molecule is CC1=C[C@H]2[C@@H](C1)C[C@@]2(CN)CC(=O)OC(C)(C)C. The van der Waals surface area contributed by atoms with E-state index in [1.54, 1.807) is 0 Å². The maximum absolute atomic E-state index is 12.0. The molecule has 1 saturated carbocycles. The van der Waals surface area contributed by atoms with Crippen molar-refractivity contribution in [3.05, 3.63) is 11.6 Å². The summed E-state index contributed by atoms with van der Waals surface area (Å²) < 4.78 is 5.43. The average molecular weight is 251 g/mol. The Morgan fingerprint density at radius 3 is 2.72 bits per heavy atom. The van der Waals surface area contributed by atoms with E-state index >= 15 is 0 Å². The van der Waals surface area contributed by atoms with Crippen LogP contribution >= 0.6 is 0 Å². The van der Waals surface area contributed by atoms with Gasteiger partial charge in [-0.3, -0.25) is 4.79 Å². The smallest absolute Gasteiger partial charge is 0.306 e. The van der Waals surface area contributed by atoms with Crippen molar-refractivity contribution in [1.82, 2.24) is 0 Å². The number of esters is 1. The lowest BCUT2D eigenvalue weighted by Crippen LogP contribution is -2.51. The van der Waals surface area contributed by atoms with Crippen molar-refractivity contribution in [1.29, 1.82) is 0 Å². The first kappa shape index (κ1) is 13.6. The zero-order chi connectivity index (χ0) is 13.6. The molecule has 0 aromatic rings. The minimum absolute atomic E-state index is 0.0369. The summed E-state index contributed by atoms with van der Waals surface area (Å²) in [6.07, 6.45) is 5.04. The molecular weight excluding hydrogens is 226 g/mol. The van der Waals surface area contributed by atoms with Crippen LogP contribution in [0.2, 0.25) is 0 Å². The Morgan fingerprint density at radius 2 is 2.22 bits per heavy atom. The number of fused-ring (bicyclic) bond motifs is 1. The van der Waals surface area contributed by atoms with Gasteiger partial charge in [-0.25, -0.2) is 0 Å². The van der Waals surface area contributed by atoms with E-state index in [4.69, 9.17) is 10.5 Å². The number of hydrogen-bond acceptors (Lipinski definition) is 3. The van der Waals surface area contributed by atoms with Gasteiger partial charge in [0.05, 0.1) is 6.42 Å². The number of nitrogens with two attached hydrogens (primary N) is 1. The van der Waals surface area contributed by atoms with Gasteiger partial charge in [0.25, 0.3) is 0 Å². The summed E-state index contributed by atoms with van der Waals surface area (Å²) in [5, 5.41) is 0. The third kappa shape index (κ3) is 2.46. The Kier molecular flexibility index (Phi) is 3.30. The zero-order valence-electron chi connectivity index (χ0n) is 12.0. The van der Waals surface area contributed by atoms with Crippen LogP contribution < -0.4 is 5.73 Å². The Labute approximate surface area is 110 Å².